The van der Waals surface area contributed by atoms with E-state index in [9.17, 15) is 9.59 Å². The molecule has 1 rings (SSSR count). The molecule has 0 aliphatic heterocycles. The number of rotatable bonds is 7. The maximum absolute atomic E-state index is 11.7. The highest BCUT2D eigenvalue weighted by atomic mass is 16.5. The molecule has 0 saturated heterocycles. The van der Waals surface area contributed by atoms with E-state index in [1.54, 1.807) is 24.3 Å². The topological polar surface area (TPSA) is 93.4 Å². The number of benzene rings is 1. The van der Waals surface area contributed by atoms with Crippen LogP contribution < -0.4 is 21.3 Å². The predicted octanol–water partition coefficient (Wildman–Crippen LogP) is 0.585. The van der Waals surface area contributed by atoms with Crippen LogP contribution >= 0.6 is 0 Å². The van der Waals surface area contributed by atoms with Crippen LogP contribution in [0.5, 0.6) is 5.75 Å². The van der Waals surface area contributed by atoms with Crippen LogP contribution in [0.2, 0.25) is 0 Å². The van der Waals surface area contributed by atoms with Gasteiger partial charge in [-0.2, -0.15) is 0 Å². The van der Waals surface area contributed by atoms with Gasteiger partial charge in [-0.05, 0) is 30.7 Å². The number of amides is 2. The Hall–Kier alpha value is -2.08. The van der Waals surface area contributed by atoms with Gasteiger partial charge in [0.1, 0.15) is 5.75 Å². The van der Waals surface area contributed by atoms with Crippen LogP contribution in [0.3, 0.4) is 0 Å². The van der Waals surface area contributed by atoms with Crippen LogP contribution in [-0.4, -0.2) is 25.0 Å². The SMILES string of the molecule is CCCCOc1ccc(C(=O)NCC(=O)NN)cc1. The van der Waals surface area contributed by atoms with E-state index in [-0.39, 0.29) is 12.5 Å². The standard InChI is InChI=1S/C13H19N3O3/c1-2-3-8-19-11-6-4-10(5-7-11)13(18)15-9-12(17)16-14/h4-7H,2-3,8-9,14H2,1H3,(H,15,18)(H,16,17). The molecule has 4 N–H and O–H groups in total. The highest BCUT2D eigenvalue weighted by molar-refractivity contribution is 5.96. The van der Waals surface area contributed by atoms with Crippen LogP contribution in [0.25, 0.3) is 0 Å². The highest BCUT2D eigenvalue weighted by Gasteiger charge is 2.07. The van der Waals surface area contributed by atoms with Crippen LogP contribution in [0.1, 0.15) is 30.1 Å². The van der Waals surface area contributed by atoms with E-state index in [0.29, 0.717) is 12.2 Å². The number of nitrogens with two attached hydrogens (primary N) is 1. The Labute approximate surface area is 112 Å². The van der Waals surface area contributed by atoms with E-state index in [1.807, 2.05) is 5.43 Å². The molecule has 19 heavy (non-hydrogen) atoms. The van der Waals surface area contributed by atoms with Gasteiger partial charge in [-0.1, -0.05) is 13.3 Å². The Morgan fingerprint density at radius 3 is 2.53 bits per heavy atom. The van der Waals surface area contributed by atoms with Crippen molar-refractivity contribution >= 4 is 11.8 Å². The Morgan fingerprint density at radius 1 is 1.26 bits per heavy atom. The summed E-state index contributed by atoms with van der Waals surface area (Å²) in [4.78, 5) is 22.5. The van der Waals surface area contributed by atoms with Gasteiger partial charge in [-0.25, -0.2) is 5.84 Å². The number of carbonyl (C=O) groups excluding carboxylic acids is 2. The Morgan fingerprint density at radius 2 is 1.95 bits per heavy atom. The van der Waals surface area contributed by atoms with Crippen LogP contribution in [0, 0.1) is 0 Å². The first-order chi connectivity index (χ1) is 9.17. The van der Waals surface area contributed by atoms with Crippen molar-refractivity contribution < 1.29 is 14.3 Å². The lowest BCUT2D eigenvalue weighted by Crippen LogP contribution is -2.40. The first-order valence-electron chi connectivity index (χ1n) is 6.18. The molecule has 0 radical (unpaired) electrons. The molecule has 104 valence electrons. The highest BCUT2D eigenvalue weighted by Crippen LogP contribution is 2.12. The molecule has 6 nitrogen and oxygen atoms in total. The second-order valence-corrected chi connectivity index (χ2v) is 3.98. The smallest absolute Gasteiger partial charge is 0.253 e. The predicted molar refractivity (Wildman–Crippen MR) is 71.5 cm³/mol. The normalized spacial score (nSPS) is 9.79. The van der Waals surface area contributed by atoms with Crippen molar-refractivity contribution in [2.24, 2.45) is 5.84 Å². The molecule has 0 saturated carbocycles. The van der Waals surface area contributed by atoms with Crippen molar-refractivity contribution in [3.8, 4) is 5.75 Å². The van der Waals surface area contributed by atoms with Gasteiger partial charge in [0.05, 0.1) is 13.2 Å². The van der Waals surface area contributed by atoms with E-state index in [2.05, 4.69) is 12.2 Å². The van der Waals surface area contributed by atoms with Gasteiger partial charge in [-0.15, -0.1) is 0 Å². The van der Waals surface area contributed by atoms with Crippen molar-refractivity contribution in [1.82, 2.24) is 10.7 Å². The molecule has 0 unspecified atom stereocenters. The Bertz CT molecular complexity index is 418. The molecule has 6 heteroatoms. The molecule has 0 aliphatic rings. The third-order valence-corrected chi connectivity index (χ3v) is 2.45. The fourth-order valence-electron chi connectivity index (χ4n) is 1.35. The fourth-order valence-corrected chi connectivity index (χ4v) is 1.35. The zero-order valence-corrected chi connectivity index (χ0v) is 10.9. The summed E-state index contributed by atoms with van der Waals surface area (Å²) in [5, 5.41) is 2.45. The summed E-state index contributed by atoms with van der Waals surface area (Å²) >= 11 is 0. The quantitative estimate of drug-likeness (QED) is 0.291. The molecule has 2 amide bonds. The minimum Gasteiger partial charge on any atom is -0.494 e. The second kappa shape index (κ2) is 8.10. The van der Waals surface area contributed by atoms with Gasteiger partial charge < -0.3 is 10.1 Å². The summed E-state index contributed by atoms with van der Waals surface area (Å²) in [6.07, 6.45) is 2.07. The lowest BCUT2D eigenvalue weighted by Gasteiger charge is -2.07. The number of carbonyl (C=O) groups is 2. The maximum Gasteiger partial charge on any atom is 0.253 e. The van der Waals surface area contributed by atoms with Gasteiger partial charge in [-0.3, -0.25) is 15.0 Å². The van der Waals surface area contributed by atoms with Crippen molar-refractivity contribution in [3.63, 3.8) is 0 Å². The molecule has 0 spiro atoms. The molecular formula is C13H19N3O3. The van der Waals surface area contributed by atoms with Crippen molar-refractivity contribution in [3.05, 3.63) is 29.8 Å². The average molecular weight is 265 g/mol. The summed E-state index contributed by atoms with van der Waals surface area (Å²) in [7, 11) is 0. The van der Waals surface area contributed by atoms with Crippen molar-refractivity contribution in [1.29, 1.82) is 0 Å². The molecule has 0 aromatic heterocycles. The average Bonchev–Trinajstić information content (AvgIpc) is 2.45. The molecule has 0 atom stereocenters. The molecular weight excluding hydrogens is 246 g/mol. The monoisotopic (exact) mass is 265 g/mol. The van der Waals surface area contributed by atoms with Gasteiger partial charge in [0.15, 0.2) is 0 Å². The zero-order valence-electron chi connectivity index (χ0n) is 10.9. The lowest BCUT2D eigenvalue weighted by molar-refractivity contribution is -0.120. The van der Waals surface area contributed by atoms with E-state index >= 15 is 0 Å². The minimum absolute atomic E-state index is 0.149. The first kappa shape index (κ1) is 15.0. The number of unbranched alkanes of at least 4 members (excludes halogenated alkanes) is 1. The van der Waals surface area contributed by atoms with Crippen LogP contribution in [0.4, 0.5) is 0 Å². The number of nitrogens with one attached hydrogen (secondary N) is 2. The van der Waals surface area contributed by atoms with Crippen molar-refractivity contribution in [2.75, 3.05) is 13.2 Å². The first-order valence-corrected chi connectivity index (χ1v) is 6.18. The Kier molecular flexibility index (Phi) is 6.38. The molecule has 0 bridgehead atoms. The molecule has 0 aliphatic carbocycles. The minimum atomic E-state index is -0.451. The van der Waals surface area contributed by atoms with E-state index in [0.717, 1.165) is 18.6 Å². The molecule has 0 fully saturated rings. The number of hydrogen-bond acceptors (Lipinski definition) is 4. The van der Waals surface area contributed by atoms with Crippen LogP contribution in [0.15, 0.2) is 24.3 Å². The number of hydrazine groups is 1. The molecule has 0 heterocycles. The summed E-state index contributed by atoms with van der Waals surface area (Å²) in [5.74, 6) is 4.85. The largest absolute Gasteiger partial charge is 0.494 e. The van der Waals surface area contributed by atoms with Gasteiger partial charge in [0.25, 0.3) is 11.8 Å². The van der Waals surface area contributed by atoms with Gasteiger partial charge >= 0.3 is 0 Å². The zero-order chi connectivity index (χ0) is 14.1. The summed E-state index contributed by atoms with van der Waals surface area (Å²) in [6.45, 7) is 2.61. The van der Waals surface area contributed by atoms with Gasteiger partial charge in [0, 0.05) is 5.56 Å². The van der Waals surface area contributed by atoms with E-state index in [1.165, 1.54) is 0 Å². The third-order valence-electron chi connectivity index (χ3n) is 2.45. The summed E-state index contributed by atoms with van der Waals surface area (Å²) in [5.41, 5.74) is 2.40. The lowest BCUT2D eigenvalue weighted by atomic mass is 10.2. The van der Waals surface area contributed by atoms with E-state index in [4.69, 9.17) is 10.6 Å². The summed E-state index contributed by atoms with van der Waals surface area (Å²) in [6, 6.07) is 6.76. The fraction of sp³-hybridized carbons (Fsp3) is 0.385. The van der Waals surface area contributed by atoms with Crippen molar-refractivity contribution in [2.45, 2.75) is 19.8 Å². The number of hydrogen-bond donors (Lipinski definition) is 3. The third kappa shape index (κ3) is 5.39. The van der Waals surface area contributed by atoms with Crippen LogP contribution in [-0.2, 0) is 4.79 Å². The summed E-state index contributed by atoms with van der Waals surface area (Å²) < 4.78 is 5.48. The van der Waals surface area contributed by atoms with E-state index < -0.39 is 5.91 Å². The molecule has 1 aromatic carbocycles. The second-order valence-electron chi connectivity index (χ2n) is 3.98. The molecule has 1 aromatic rings. The van der Waals surface area contributed by atoms with Gasteiger partial charge in [0.2, 0.25) is 0 Å². The Balaban J connectivity index is 2.46. The maximum atomic E-state index is 11.7. The number of ether oxygens (including phenoxy) is 1.